The molecule has 1 atom stereocenters. The molecule has 3 aliphatic heterocycles. The molecule has 9 nitrogen and oxygen atoms in total. The summed E-state index contributed by atoms with van der Waals surface area (Å²) in [4.78, 5) is 11.6. The topological polar surface area (TPSA) is 120 Å². The number of benzene rings is 3. The lowest BCUT2D eigenvalue weighted by atomic mass is 9.92. The van der Waals surface area contributed by atoms with Crippen LogP contribution in [-0.4, -0.2) is 46.5 Å². The Hall–Kier alpha value is -3.25. The van der Waals surface area contributed by atoms with E-state index in [0.717, 1.165) is 27.4 Å². The third kappa shape index (κ3) is 4.49. The number of phenolic OH excluding ortho intramolecular Hbond substituents is 1. The van der Waals surface area contributed by atoms with Crippen LogP contribution in [0.5, 0.6) is 5.75 Å². The van der Waals surface area contributed by atoms with E-state index in [4.69, 9.17) is 4.18 Å². The van der Waals surface area contributed by atoms with Crippen molar-refractivity contribution in [1.29, 1.82) is 0 Å². The molecule has 0 aromatic heterocycles. The fourth-order valence-corrected chi connectivity index (χ4v) is 9.98. The van der Waals surface area contributed by atoms with Gasteiger partial charge < -0.3 is 5.11 Å². The van der Waals surface area contributed by atoms with Gasteiger partial charge in [0.15, 0.2) is 5.94 Å². The van der Waals surface area contributed by atoms with Crippen LogP contribution in [0, 0.1) is 0 Å². The Labute approximate surface area is 222 Å². The van der Waals surface area contributed by atoms with E-state index in [1.165, 1.54) is 17.7 Å². The largest absolute Gasteiger partial charge is 0.506 e. The van der Waals surface area contributed by atoms with Gasteiger partial charge in [-0.2, -0.15) is 12.6 Å². The molecule has 3 aromatic carbocycles. The second-order valence-corrected chi connectivity index (χ2v) is 15.2. The zero-order chi connectivity index (χ0) is 26.6. The standard InChI is InChI=1S/C27H29N3O6S2/c31-26-14-20(11-13-25(26)29-17-27(32)28-37(29,33)34)10-12-24-15-22-8-4-5-9-23(22)16-30(24)38(35,19-36-38)18-21-6-2-1-3-7-21/h1-9,11,13-14,24,31H,10,12,15-19H2,(H,28,32). The molecule has 2 saturated heterocycles. The van der Waals surface area contributed by atoms with Crippen molar-refractivity contribution < 1.29 is 26.7 Å². The first-order valence-corrected chi connectivity index (χ1v) is 16.1. The molecule has 3 aromatic rings. The summed E-state index contributed by atoms with van der Waals surface area (Å²) in [5, 5.41) is 10.6. The number of anilines is 1. The highest BCUT2D eigenvalue weighted by atomic mass is 32.3. The number of amides is 1. The van der Waals surface area contributed by atoms with Crippen LogP contribution in [0.15, 0.2) is 72.8 Å². The Morgan fingerprint density at radius 1 is 0.974 bits per heavy atom. The summed E-state index contributed by atoms with van der Waals surface area (Å²) in [5.41, 5.74) is 4.22. The number of hydrogen-bond donors (Lipinski definition) is 2. The van der Waals surface area contributed by atoms with Crippen molar-refractivity contribution in [2.24, 2.45) is 0 Å². The van der Waals surface area contributed by atoms with Gasteiger partial charge in [-0.25, -0.2) is 13.3 Å². The Bertz CT molecular complexity index is 1580. The summed E-state index contributed by atoms with van der Waals surface area (Å²) in [6.45, 7) is 0.167. The van der Waals surface area contributed by atoms with Crippen molar-refractivity contribution in [1.82, 2.24) is 9.03 Å². The molecule has 3 aliphatic rings. The van der Waals surface area contributed by atoms with Crippen molar-refractivity contribution in [3.8, 4) is 5.75 Å². The quantitative estimate of drug-likeness (QED) is 0.433. The average molecular weight is 556 g/mol. The maximum Gasteiger partial charge on any atom is 0.326 e. The van der Waals surface area contributed by atoms with Gasteiger partial charge in [0, 0.05) is 12.6 Å². The first kappa shape index (κ1) is 25.1. The Balaban J connectivity index is 1.25. The first-order valence-electron chi connectivity index (χ1n) is 12.5. The number of fused-ring (bicyclic) bond motifs is 1. The molecular weight excluding hydrogens is 526 g/mol. The van der Waals surface area contributed by atoms with Gasteiger partial charge in [-0.05, 0) is 53.6 Å². The molecule has 2 N–H and O–H groups in total. The minimum atomic E-state index is -4.01. The molecule has 6 rings (SSSR count). The van der Waals surface area contributed by atoms with Crippen LogP contribution in [-0.2, 0) is 53.9 Å². The van der Waals surface area contributed by atoms with Crippen molar-refractivity contribution in [3.63, 3.8) is 0 Å². The molecule has 11 heteroatoms. The van der Waals surface area contributed by atoms with E-state index in [1.54, 1.807) is 6.07 Å². The predicted molar refractivity (Wildman–Crippen MR) is 145 cm³/mol. The van der Waals surface area contributed by atoms with Crippen molar-refractivity contribution in [2.45, 2.75) is 37.6 Å². The number of nitrogens with one attached hydrogen (secondary N) is 1. The SMILES string of the molecule is O=C1CN(c2ccc(CCC3Cc4ccccc4CN3S3(=O)(Cc4ccccc4)CO3)cc2O)S(=O)(=O)N1. The molecule has 1 amide bonds. The second kappa shape index (κ2) is 8.91. The van der Waals surface area contributed by atoms with Crippen LogP contribution in [0.3, 0.4) is 0 Å². The minimum Gasteiger partial charge on any atom is -0.506 e. The van der Waals surface area contributed by atoms with Crippen LogP contribution < -0.4 is 9.03 Å². The van der Waals surface area contributed by atoms with E-state index >= 15 is 0 Å². The highest BCUT2D eigenvalue weighted by Gasteiger charge is 2.54. The molecule has 1 unspecified atom stereocenters. The summed E-state index contributed by atoms with van der Waals surface area (Å²) in [6, 6.07) is 22.7. The number of phenols is 1. The van der Waals surface area contributed by atoms with Crippen LogP contribution >= 0.6 is 0 Å². The number of rotatable bonds is 7. The fourth-order valence-electron chi connectivity index (χ4n) is 5.50. The van der Waals surface area contributed by atoms with Gasteiger partial charge in [0.2, 0.25) is 0 Å². The van der Waals surface area contributed by atoms with E-state index in [0.29, 0.717) is 25.1 Å². The van der Waals surface area contributed by atoms with E-state index in [-0.39, 0.29) is 30.0 Å². The van der Waals surface area contributed by atoms with Crippen molar-refractivity contribution in [3.05, 3.63) is 95.1 Å². The van der Waals surface area contributed by atoms with Crippen LogP contribution in [0.4, 0.5) is 5.69 Å². The van der Waals surface area contributed by atoms with Crippen LogP contribution in [0.1, 0.15) is 28.7 Å². The highest BCUT2D eigenvalue weighted by Crippen LogP contribution is 2.52. The summed E-state index contributed by atoms with van der Waals surface area (Å²) in [5.74, 6) is -0.291. The molecule has 0 saturated carbocycles. The Kier molecular flexibility index (Phi) is 5.87. The molecular formula is C27H29N3O6S2. The number of nitrogens with zero attached hydrogens (tertiary/aromatic N) is 2. The monoisotopic (exact) mass is 555 g/mol. The second-order valence-electron chi connectivity index (χ2n) is 10.1. The number of carbonyl (C=O) groups excluding carboxylic acids is 1. The molecule has 0 bridgehead atoms. The third-order valence-electron chi connectivity index (χ3n) is 7.51. The van der Waals surface area contributed by atoms with Gasteiger partial charge in [0.25, 0.3) is 5.91 Å². The summed E-state index contributed by atoms with van der Waals surface area (Å²) in [6.07, 6.45) is 1.98. The number of aryl methyl sites for hydroxylation is 1. The molecule has 2 fully saturated rings. The Morgan fingerprint density at radius 2 is 1.68 bits per heavy atom. The summed E-state index contributed by atoms with van der Waals surface area (Å²) >= 11 is 0. The molecule has 38 heavy (non-hydrogen) atoms. The molecule has 0 spiro atoms. The normalized spacial score (nSPS) is 24.1. The van der Waals surface area contributed by atoms with Crippen LogP contribution in [0.2, 0.25) is 0 Å². The average Bonchev–Trinajstić information content (AvgIpc) is 3.50. The lowest BCUT2D eigenvalue weighted by molar-refractivity contribution is -0.117. The zero-order valence-corrected chi connectivity index (χ0v) is 22.3. The maximum atomic E-state index is 14.6. The molecule has 0 radical (unpaired) electrons. The first-order chi connectivity index (χ1) is 18.1. The van der Waals surface area contributed by atoms with Crippen molar-refractivity contribution in [2.75, 3.05) is 16.8 Å². The maximum absolute atomic E-state index is 14.6. The summed E-state index contributed by atoms with van der Waals surface area (Å²) in [7, 11) is -7.51. The number of hydrogen-bond acceptors (Lipinski definition) is 6. The smallest absolute Gasteiger partial charge is 0.326 e. The number of carbonyl (C=O) groups is 1. The van der Waals surface area contributed by atoms with E-state index in [2.05, 4.69) is 16.4 Å². The predicted octanol–water partition coefficient (Wildman–Crippen LogP) is 2.77. The summed E-state index contributed by atoms with van der Waals surface area (Å²) < 4.78 is 49.6. The van der Waals surface area contributed by atoms with E-state index in [1.807, 2.05) is 47.2 Å². The zero-order valence-electron chi connectivity index (χ0n) is 20.7. The lowest BCUT2D eigenvalue weighted by Gasteiger charge is -2.46. The third-order valence-corrected chi connectivity index (χ3v) is 12.2. The molecule has 200 valence electrons. The van der Waals surface area contributed by atoms with Crippen LogP contribution in [0.25, 0.3) is 0 Å². The molecule has 0 aliphatic carbocycles. The number of aromatic hydroxyl groups is 1. The van der Waals surface area contributed by atoms with E-state index in [9.17, 15) is 22.5 Å². The van der Waals surface area contributed by atoms with Crippen molar-refractivity contribution >= 4 is 31.3 Å². The lowest BCUT2D eigenvalue weighted by Crippen LogP contribution is -2.50. The highest BCUT2D eigenvalue weighted by molar-refractivity contribution is 8.17. The minimum absolute atomic E-state index is 0.0433. The molecule has 3 heterocycles. The van der Waals surface area contributed by atoms with Gasteiger partial charge in [0.05, 0.1) is 11.4 Å². The Morgan fingerprint density at radius 3 is 2.34 bits per heavy atom. The van der Waals surface area contributed by atoms with Gasteiger partial charge >= 0.3 is 10.2 Å². The fraction of sp³-hybridized carbons (Fsp3) is 0.296. The van der Waals surface area contributed by atoms with Gasteiger partial charge in [-0.15, -0.1) is 9.53 Å². The van der Waals surface area contributed by atoms with Gasteiger partial charge in [0.1, 0.15) is 12.3 Å². The van der Waals surface area contributed by atoms with Gasteiger partial charge in [-0.3, -0.25) is 8.98 Å². The van der Waals surface area contributed by atoms with E-state index < -0.39 is 25.6 Å². The van der Waals surface area contributed by atoms with Gasteiger partial charge in [-0.1, -0.05) is 60.7 Å².